The predicted molar refractivity (Wildman–Crippen MR) is 122 cm³/mol. The van der Waals surface area contributed by atoms with E-state index in [4.69, 9.17) is 0 Å². The number of aromatic nitrogens is 3. The number of amides is 1. The van der Waals surface area contributed by atoms with E-state index in [1.54, 1.807) is 14.0 Å². The minimum Gasteiger partial charge on any atom is -0.368 e. The van der Waals surface area contributed by atoms with Gasteiger partial charge in [0.15, 0.2) is 10.9 Å². The highest BCUT2D eigenvalue weighted by molar-refractivity contribution is 7.19. The van der Waals surface area contributed by atoms with Crippen LogP contribution in [-0.4, -0.2) is 59.0 Å². The molecular weight excluding hydrogens is 417 g/mol. The summed E-state index contributed by atoms with van der Waals surface area (Å²) in [6.07, 6.45) is 1.17. The largest absolute Gasteiger partial charge is 0.368 e. The van der Waals surface area contributed by atoms with E-state index in [-0.39, 0.29) is 11.6 Å². The molecule has 1 saturated heterocycles. The number of benzene rings is 1. The molecule has 2 aromatic heterocycles. The summed E-state index contributed by atoms with van der Waals surface area (Å²) >= 11 is 1.35. The molecule has 0 spiro atoms. The number of nitrogens with zero attached hydrogens (tertiary/aromatic N) is 5. The average molecular weight is 442 g/mol. The molecule has 10 heteroatoms. The number of thiazole rings is 1. The highest BCUT2D eigenvalue weighted by Gasteiger charge is 2.19. The van der Waals surface area contributed by atoms with Gasteiger partial charge in [0.2, 0.25) is 11.9 Å². The summed E-state index contributed by atoms with van der Waals surface area (Å²) < 4.78 is 14.5. The summed E-state index contributed by atoms with van der Waals surface area (Å²) in [7, 11) is 1.78. The Morgan fingerprint density at radius 3 is 2.65 bits per heavy atom. The number of aryl methyl sites for hydroxylation is 1. The lowest BCUT2D eigenvalue weighted by Crippen LogP contribution is -2.48. The third-order valence-electron chi connectivity index (χ3n) is 5.16. The topological polar surface area (TPSA) is 86.3 Å². The first-order chi connectivity index (χ1) is 14.9. The summed E-state index contributed by atoms with van der Waals surface area (Å²) in [5.41, 5.74) is 2.80. The van der Waals surface area contributed by atoms with Gasteiger partial charge in [0, 0.05) is 51.5 Å². The fraction of sp³-hybridized carbons (Fsp3) is 0.333. The maximum Gasteiger partial charge on any atom is 0.227 e. The van der Waals surface area contributed by atoms with Crippen molar-refractivity contribution in [2.45, 2.75) is 13.8 Å². The molecule has 0 aliphatic carbocycles. The van der Waals surface area contributed by atoms with Gasteiger partial charge >= 0.3 is 0 Å². The van der Waals surface area contributed by atoms with Gasteiger partial charge in [-0.05, 0) is 25.1 Å². The Kier molecular flexibility index (Phi) is 5.99. The van der Waals surface area contributed by atoms with Crippen molar-refractivity contribution in [3.63, 3.8) is 0 Å². The molecule has 0 bridgehead atoms. The highest BCUT2D eigenvalue weighted by atomic mass is 32.1. The van der Waals surface area contributed by atoms with Crippen molar-refractivity contribution in [2.24, 2.45) is 0 Å². The molecule has 8 nitrogen and oxygen atoms in total. The van der Waals surface area contributed by atoms with Gasteiger partial charge in [-0.1, -0.05) is 17.4 Å². The number of carbonyl (C=O) groups excluding carboxylic acids is 1. The van der Waals surface area contributed by atoms with Gasteiger partial charge in [-0.2, -0.15) is 0 Å². The number of anilines is 4. The van der Waals surface area contributed by atoms with Crippen LogP contribution < -0.4 is 15.5 Å². The van der Waals surface area contributed by atoms with Gasteiger partial charge in [0.25, 0.3) is 0 Å². The van der Waals surface area contributed by atoms with Gasteiger partial charge < -0.3 is 20.4 Å². The normalized spacial score (nSPS) is 13.9. The zero-order valence-electron chi connectivity index (χ0n) is 17.6. The summed E-state index contributed by atoms with van der Waals surface area (Å²) in [5, 5.41) is 6.86. The Morgan fingerprint density at radius 1 is 1.19 bits per heavy atom. The van der Waals surface area contributed by atoms with Crippen LogP contribution in [0.25, 0.3) is 10.6 Å². The van der Waals surface area contributed by atoms with Crippen molar-refractivity contribution < 1.29 is 9.18 Å². The Bertz CT molecular complexity index is 1100. The van der Waals surface area contributed by atoms with Gasteiger partial charge in [-0.3, -0.25) is 4.79 Å². The molecule has 1 aliphatic heterocycles. The van der Waals surface area contributed by atoms with Crippen LogP contribution in [0.4, 0.5) is 26.8 Å². The van der Waals surface area contributed by atoms with E-state index in [1.165, 1.54) is 17.5 Å². The van der Waals surface area contributed by atoms with Crippen LogP contribution in [0.5, 0.6) is 0 Å². The number of nitrogens with one attached hydrogen (secondary N) is 2. The molecule has 0 radical (unpaired) electrons. The van der Waals surface area contributed by atoms with Crippen LogP contribution in [-0.2, 0) is 4.79 Å². The second kappa shape index (κ2) is 8.84. The van der Waals surface area contributed by atoms with Crippen LogP contribution in [0, 0.1) is 12.7 Å². The standard InChI is InChI=1S/C21H24FN7OS/c1-13-19(31-21(23-3)25-13)18-17(22)12-24-20(27-18)26-15-5-4-6-16(11-15)29-9-7-28(8-10-29)14(2)30/h4-6,11-12H,7-10H2,1-3H3,(H,23,25)(H,24,26,27). The Balaban J connectivity index is 1.53. The summed E-state index contributed by atoms with van der Waals surface area (Å²) in [4.78, 5) is 29.2. The van der Waals surface area contributed by atoms with E-state index < -0.39 is 5.82 Å². The van der Waals surface area contributed by atoms with Crippen LogP contribution in [0.15, 0.2) is 30.5 Å². The van der Waals surface area contributed by atoms with E-state index in [1.807, 2.05) is 36.1 Å². The second-order valence-corrected chi connectivity index (χ2v) is 8.24. The first kappa shape index (κ1) is 21.0. The summed E-state index contributed by atoms with van der Waals surface area (Å²) in [5.74, 6) is -0.0665. The molecule has 0 atom stereocenters. The minimum absolute atomic E-state index is 0.109. The van der Waals surface area contributed by atoms with Crippen LogP contribution in [0.3, 0.4) is 0 Å². The molecule has 4 rings (SSSR count). The van der Waals surface area contributed by atoms with E-state index in [2.05, 4.69) is 30.5 Å². The van der Waals surface area contributed by atoms with Gasteiger partial charge in [0.1, 0.15) is 5.69 Å². The lowest BCUT2D eigenvalue weighted by Gasteiger charge is -2.35. The molecule has 0 saturated carbocycles. The molecular formula is C21H24FN7OS. The Hall–Kier alpha value is -3.27. The van der Waals surface area contributed by atoms with E-state index in [0.717, 1.165) is 24.5 Å². The lowest BCUT2D eigenvalue weighted by atomic mass is 10.2. The molecule has 0 unspecified atom stereocenters. The zero-order chi connectivity index (χ0) is 22.0. The van der Waals surface area contributed by atoms with Gasteiger partial charge in [-0.15, -0.1) is 0 Å². The van der Waals surface area contributed by atoms with Gasteiger partial charge in [-0.25, -0.2) is 19.3 Å². The third-order valence-corrected chi connectivity index (χ3v) is 6.34. The molecule has 1 aliphatic rings. The molecule has 3 aromatic rings. The molecule has 1 fully saturated rings. The maximum absolute atomic E-state index is 14.5. The predicted octanol–water partition coefficient (Wildman–Crippen LogP) is 3.50. The minimum atomic E-state index is -0.489. The third kappa shape index (κ3) is 4.58. The first-order valence-electron chi connectivity index (χ1n) is 10.00. The maximum atomic E-state index is 14.5. The second-order valence-electron chi connectivity index (χ2n) is 7.24. The van der Waals surface area contributed by atoms with Gasteiger partial charge in [0.05, 0.1) is 16.8 Å². The first-order valence-corrected chi connectivity index (χ1v) is 10.8. The van der Waals surface area contributed by atoms with Crippen molar-refractivity contribution in [3.8, 4) is 10.6 Å². The van der Waals surface area contributed by atoms with Crippen LogP contribution in [0.2, 0.25) is 0 Å². The fourth-order valence-electron chi connectivity index (χ4n) is 3.50. The molecule has 2 N–H and O–H groups in total. The number of hydrogen-bond donors (Lipinski definition) is 2. The molecule has 162 valence electrons. The number of piperazine rings is 1. The summed E-state index contributed by atoms with van der Waals surface area (Å²) in [6, 6.07) is 7.91. The van der Waals surface area contributed by atoms with E-state index in [9.17, 15) is 9.18 Å². The monoisotopic (exact) mass is 441 g/mol. The van der Waals surface area contributed by atoms with Crippen molar-refractivity contribution in [1.29, 1.82) is 0 Å². The van der Waals surface area contributed by atoms with Crippen molar-refractivity contribution in [3.05, 3.63) is 42.0 Å². The Labute approximate surface area is 184 Å². The fourth-order valence-corrected chi connectivity index (χ4v) is 4.41. The average Bonchev–Trinajstić information content (AvgIpc) is 3.16. The number of carbonyl (C=O) groups is 1. The quantitative estimate of drug-likeness (QED) is 0.627. The number of rotatable bonds is 5. The van der Waals surface area contributed by atoms with Crippen molar-refractivity contribution in [2.75, 3.05) is 48.8 Å². The number of hydrogen-bond acceptors (Lipinski definition) is 8. The Morgan fingerprint density at radius 2 is 1.97 bits per heavy atom. The smallest absolute Gasteiger partial charge is 0.227 e. The van der Waals surface area contributed by atoms with Crippen LogP contribution in [0.1, 0.15) is 12.6 Å². The highest BCUT2D eigenvalue weighted by Crippen LogP contribution is 2.33. The molecule has 31 heavy (non-hydrogen) atoms. The van der Waals surface area contributed by atoms with E-state index in [0.29, 0.717) is 34.7 Å². The van der Waals surface area contributed by atoms with Crippen molar-refractivity contribution in [1.82, 2.24) is 19.9 Å². The molecule has 1 amide bonds. The van der Waals surface area contributed by atoms with Crippen LogP contribution >= 0.6 is 11.3 Å². The number of halogens is 1. The molecule has 3 heterocycles. The van der Waals surface area contributed by atoms with Crippen molar-refractivity contribution >= 4 is 39.7 Å². The zero-order valence-corrected chi connectivity index (χ0v) is 18.5. The lowest BCUT2D eigenvalue weighted by molar-refractivity contribution is -0.129. The van der Waals surface area contributed by atoms with E-state index >= 15 is 0 Å². The SMILES string of the molecule is CNc1nc(C)c(-c2nc(Nc3cccc(N4CCN(C(C)=O)CC4)c3)ncc2F)s1. The summed E-state index contributed by atoms with van der Waals surface area (Å²) in [6.45, 7) is 6.40. The molecule has 1 aromatic carbocycles.